The predicted octanol–water partition coefficient (Wildman–Crippen LogP) is 7.40. The summed E-state index contributed by atoms with van der Waals surface area (Å²) in [4.78, 5) is 16.1. The van der Waals surface area contributed by atoms with Crippen molar-refractivity contribution in [2.24, 2.45) is 0 Å². The van der Waals surface area contributed by atoms with Crippen LogP contribution in [0.5, 0.6) is 17.2 Å². The Hall–Kier alpha value is -3.06. The van der Waals surface area contributed by atoms with Crippen LogP contribution in [0.15, 0.2) is 71.5 Å². The van der Waals surface area contributed by atoms with Crippen LogP contribution < -0.4 is 14.8 Å². The van der Waals surface area contributed by atoms with Gasteiger partial charge >= 0.3 is 6.09 Å². The first-order chi connectivity index (χ1) is 17.0. The standard InChI is InChI=1S/C29H33BrN2O4/c1-28(2,3)36-27(33)32-21-16-25(17-21)35-23-12-8-20(9-13-23)29(4,5)19-6-10-22(11-7-19)34-24-14-15-26(30)31-18-24/h6-15,18,21,25H,16-17H2,1-5H3,(H,32,33)/t21-,25-. The molecule has 1 aromatic heterocycles. The third kappa shape index (κ3) is 6.78. The number of amides is 1. The average molecular weight is 553 g/mol. The van der Waals surface area contributed by atoms with Gasteiger partial charge in [-0.25, -0.2) is 9.78 Å². The number of halogens is 1. The molecule has 0 aliphatic heterocycles. The van der Waals surface area contributed by atoms with Crippen molar-refractivity contribution in [2.75, 3.05) is 0 Å². The summed E-state index contributed by atoms with van der Waals surface area (Å²) in [5.74, 6) is 2.30. The largest absolute Gasteiger partial charge is 0.490 e. The van der Waals surface area contributed by atoms with Crippen LogP contribution >= 0.6 is 15.9 Å². The van der Waals surface area contributed by atoms with Crippen molar-refractivity contribution < 1.29 is 19.0 Å². The lowest BCUT2D eigenvalue weighted by molar-refractivity contribution is 0.0363. The number of aromatic nitrogens is 1. The topological polar surface area (TPSA) is 69.7 Å². The molecule has 0 atom stereocenters. The van der Waals surface area contributed by atoms with Crippen molar-refractivity contribution in [3.05, 3.63) is 82.6 Å². The summed E-state index contributed by atoms with van der Waals surface area (Å²) in [7, 11) is 0. The van der Waals surface area contributed by atoms with Crippen molar-refractivity contribution in [1.82, 2.24) is 10.3 Å². The van der Waals surface area contributed by atoms with Gasteiger partial charge in [-0.05, 0) is 84.2 Å². The maximum absolute atomic E-state index is 11.9. The average Bonchev–Trinajstić information content (AvgIpc) is 2.79. The molecule has 1 heterocycles. The van der Waals surface area contributed by atoms with Crippen molar-refractivity contribution >= 4 is 22.0 Å². The summed E-state index contributed by atoms with van der Waals surface area (Å²) in [5.41, 5.74) is 1.70. The van der Waals surface area contributed by atoms with E-state index in [1.54, 1.807) is 6.20 Å². The summed E-state index contributed by atoms with van der Waals surface area (Å²) >= 11 is 3.33. The van der Waals surface area contributed by atoms with Crippen LogP contribution in [-0.2, 0) is 10.2 Å². The molecular formula is C29H33BrN2O4. The summed E-state index contributed by atoms with van der Waals surface area (Å²) in [6.45, 7) is 9.98. The van der Waals surface area contributed by atoms with E-state index in [2.05, 4.69) is 64.3 Å². The molecule has 0 spiro atoms. The van der Waals surface area contributed by atoms with E-state index in [0.717, 1.165) is 28.9 Å². The molecule has 0 radical (unpaired) electrons. The van der Waals surface area contributed by atoms with E-state index in [1.165, 1.54) is 11.1 Å². The number of hydrogen-bond acceptors (Lipinski definition) is 5. The fourth-order valence-electron chi connectivity index (χ4n) is 4.06. The minimum absolute atomic E-state index is 0.0926. The maximum Gasteiger partial charge on any atom is 0.407 e. The zero-order valence-electron chi connectivity index (χ0n) is 21.4. The number of hydrogen-bond donors (Lipinski definition) is 1. The van der Waals surface area contributed by atoms with Crippen LogP contribution in [0.25, 0.3) is 0 Å². The van der Waals surface area contributed by atoms with Gasteiger partial charge in [-0.15, -0.1) is 0 Å². The molecule has 7 heteroatoms. The lowest BCUT2D eigenvalue weighted by Gasteiger charge is -2.36. The van der Waals surface area contributed by atoms with E-state index < -0.39 is 5.60 Å². The number of carbonyl (C=O) groups excluding carboxylic acids is 1. The summed E-state index contributed by atoms with van der Waals surface area (Å²) < 4.78 is 18.1. The Morgan fingerprint density at radius 3 is 1.94 bits per heavy atom. The van der Waals surface area contributed by atoms with E-state index in [-0.39, 0.29) is 23.7 Å². The second-order valence-electron chi connectivity index (χ2n) is 10.6. The summed E-state index contributed by atoms with van der Waals surface area (Å²) in [5, 5.41) is 2.90. The molecule has 4 rings (SSSR count). The first kappa shape index (κ1) is 26.0. The molecule has 190 valence electrons. The van der Waals surface area contributed by atoms with Crippen LogP contribution in [0.1, 0.15) is 58.6 Å². The van der Waals surface area contributed by atoms with Crippen LogP contribution in [0.2, 0.25) is 0 Å². The predicted molar refractivity (Wildman–Crippen MR) is 144 cm³/mol. The molecule has 0 bridgehead atoms. The molecule has 2 aromatic carbocycles. The van der Waals surface area contributed by atoms with Crippen molar-refractivity contribution in [2.45, 2.75) is 70.6 Å². The van der Waals surface area contributed by atoms with E-state index >= 15 is 0 Å². The molecule has 1 N–H and O–H groups in total. The molecule has 0 unspecified atom stereocenters. The van der Waals surface area contributed by atoms with E-state index in [9.17, 15) is 4.79 Å². The highest BCUT2D eigenvalue weighted by molar-refractivity contribution is 9.10. The Bertz CT molecular complexity index is 1160. The molecule has 1 aliphatic rings. The van der Waals surface area contributed by atoms with Crippen LogP contribution in [-0.4, -0.2) is 28.8 Å². The van der Waals surface area contributed by atoms with Crippen LogP contribution in [0.4, 0.5) is 4.79 Å². The summed E-state index contributed by atoms with van der Waals surface area (Å²) in [6.07, 6.45) is 2.96. The Labute approximate surface area is 221 Å². The number of carbonyl (C=O) groups is 1. The number of rotatable bonds is 7. The van der Waals surface area contributed by atoms with E-state index in [4.69, 9.17) is 14.2 Å². The normalized spacial score (nSPS) is 17.6. The highest BCUT2D eigenvalue weighted by atomic mass is 79.9. The fourth-order valence-corrected chi connectivity index (χ4v) is 4.30. The number of nitrogens with zero attached hydrogens (tertiary/aromatic N) is 1. The zero-order valence-corrected chi connectivity index (χ0v) is 23.0. The number of pyridine rings is 1. The number of nitrogens with one attached hydrogen (secondary N) is 1. The SMILES string of the molecule is CC(C)(C)OC(=O)N[C@H]1C[C@H](Oc2ccc(C(C)(C)c3ccc(Oc4ccc(Br)nc4)cc3)cc2)C1. The van der Waals surface area contributed by atoms with Gasteiger partial charge in [0.25, 0.3) is 0 Å². The Morgan fingerprint density at radius 2 is 1.42 bits per heavy atom. The first-order valence-electron chi connectivity index (χ1n) is 12.1. The number of alkyl carbamates (subject to hydrolysis) is 1. The second kappa shape index (κ2) is 10.5. The minimum atomic E-state index is -0.493. The highest BCUT2D eigenvalue weighted by Gasteiger charge is 2.33. The lowest BCUT2D eigenvalue weighted by atomic mass is 9.78. The molecule has 0 saturated heterocycles. The molecule has 1 saturated carbocycles. The van der Waals surface area contributed by atoms with Crippen LogP contribution in [0.3, 0.4) is 0 Å². The summed E-state index contributed by atoms with van der Waals surface area (Å²) in [6, 6.07) is 20.2. The van der Waals surface area contributed by atoms with Gasteiger partial charge in [-0.2, -0.15) is 0 Å². The monoisotopic (exact) mass is 552 g/mol. The molecule has 6 nitrogen and oxygen atoms in total. The maximum atomic E-state index is 11.9. The number of benzene rings is 2. The lowest BCUT2D eigenvalue weighted by Crippen LogP contribution is -2.50. The molecule has 36 heavy (non-hydrogen) atoms. The van der Waals surface area contributed by atoms with Gasteiger partial charge < -0.3 is 19.5 Å². The Kier molecular flexibility index (Phi) is 7.59. The molecule has 1 amide bonds. The second-order valence-corrected chi connectivity index (χ2v) is 11.5. The van der Waals surface area contributed by atoms with Gasteiger partial charge in [-0.1, -0.05) is 38.1 Å². The van der Waals surface area contributed by atoms with E-state index in [1.807, 2.05) is 57.2 Å². The van der Waals surface area contributed by atoms with Crippen LogP contribution in [0, 0.1) is 0 Å². The third-order valence-electron chi connectivity index (χ3n) is 6.21. The Balaban J connectivity index is 1.30. The highest BCUT2D eigenvalue weighted by Crippen LogP contribution is 2.35. The molecule has 3 aromatic rings. The molecule has 1 fully saturated rings. The van der Waals surface area contributed by atoms with Gasteiger partial charge in [0.15, 0.2) is 0 Å². The Morgan fingerprint density at radius 1 is 0.861 bits per heavy atom. The quantitative estimate of drug-likeness (QED) is 0.309. The van der Waals surface area contributed by atoms with Gasteiger partial charge in [0.2, 0.25) is 0 Å². The fraction of sp³-hybridized carbons (Fsp3) is 0.379. The smallest absolute Gasteiger partial charge is 0.407 e. The number of ether oxygens (including phenoxy) is 3. The first-order valence-corrected chi connectivity index (χ1v) is 12.9. The zero-order chi connectivity index (χ0) is 25.9. The van der Waals surface area contributed by atoms with Gasteiger partial charge in [0, 0.05) is 24.3 Å². The van der Waals surface area contributed by atoms with Gasteiger partial charge in [0.1, 0.15) is 33.6 Å². The minimum Gasteiger partial charge on any atom is -0.490 e. The molecule has 1 aliphatic carbocycles. The van der Waals surface area contributed by atoms with Crippen molar-refractivity contribution in [3.63, 3.8) is 0 Å². The van der Waals surface area contributed by atoms with Crippen molar-refractivity contribution in [1.29, 1.82) is 0 Å². The van der Waals surface area contributed by atoms with Gasteiger partial charge in [-0.3, -0.25) is 0 Å². The van der Waals surface area contributed by atoms with Gasteiger partial charge in [0.05, 0.1) is 6.20 Å². The van der Waals surface area contributed by atoms with Crippen molar-refractivity contribution in [3.8, 4) is 17.2 Å². The third-order valence-corrected chi connectivity index (χ3v) is 6.68. The molecular weight excluding hydrogens is 520 g/mol. The van der Waals surface area contributed by atoms with E-state index in [0.29, 0.717) is 5.75 Å².